The fraction of sp³-hybridized carbons (Fsp3) is 0. The van der Waals surface area contributed by atoms with Crippen LogP contribution in [0.1, 0.15) is 0 Å². The summed E-state index contributed by atoms with van der Waals surface area (Å²) in [6, 6.07) is 47.0. The maximum Gasteiger partial charge on any atom is 0.227 e. The van der Waals surface area contributed by atoms with Crippen LogP contribution in [0.4, 0.5) is 0 Å². The maximum absolute atomic E-state index is 6.09. The molecule has 0 aliphatic heterocycles. The Bertz CT molecular complexity index is 2490. The van der Waals surface area contributed by atoms with E-state index in [0.29, 0.717) is 5.89 Å². The van der Waals surface area contributed by atoms with Crippen molar-refractivity contribution in [3.63, 3.8) is 0 Å². The fourth-order valence-corrected chi connectivity index (χ4v) is 5.95. The number of hydrogen-bond acceptors (Lipinski definition) is 5. The predicted octanol–water partition coefficient (Wildman–Crippen LogP) is 10.3. The van der Waals surface area contributed by atoms with Gasteiger partial charge >= 0.3 is 0 Å². The SMILES string of the molecule is c1cc(-c2ccc3oc4ccccc4c3c2)cc(-c2nc3ccccc3nc2-c2cccc(-c3nc4ccccc4o3)c2)c1. The summed E-state index contributed by atoms with van der Waals surface area (Å²) in [5, 5.41) is 2.22. The summed E-state index contributed by atoms with van der Waals surface area (Å²) < 4.78 is 12.2. The quantitative estimate of drug-likeness (QED) is 0.212. The van der Waals surface area contributed by atoms with Crippen LogP contribution in [-0.4, -0.2) is 15.0 Å². The number of aromatic nitrogens is 3. The molecule has 0 aliphatic carbocycles. The normalized spacial score (nSPS) is 11.6. The van der Waals surface area contributed by atoms with Gasteiger partial charge in [-0.15, -0.1) is 0 Å². The third-order valence-corrected chi connectivity index (χ3v) is 8.09. The first-order valence-corrected chi connectivity index (χ1v) is 14.5. The van der Waals surface area contributed by atoms with Gasteiger partial charge in [-0.2, -0.15) is 0 Å². The molecule has 3 aromatic heterocycles. The van der Waals surface area contributed by atoms with E-state index in [1.807, 2.05) is 78.9 Å². The lowest BCUT2D eigenvalue weighted by molar-refractivity contribution is 0.620. The van der Waals surface area contributed by atoms with E-state index in [1.165, 1.54) is 0 Å². The number of hydrogen-bond donors (Lipinski definition) is 0. The zero-order valence-electron chi connectivity index (χ0n) is 23.4. The minimum atomic E-state index is 0.576. The molecule has 0 fully saturated rings. The van der Waals surface area contributed by atoms with Gasteiger partial charge in [0.05, 0.1) is 22.4 Å². The first kappa shape index (κ1) is 24.5. The van der Waals surface area contributed by atoms with Crippen LogP contribution in [0.2, 0.25) is 0 Å². The molecule has 3 heterocycles. The van der Waals surface area contributed by atoms with Gasteiger partial charge in [-0.3, -0.25) is 0 Å². The molecular weight excluding hydrogens is 542 g/mol. The van der Waals surface area contributed by atoms with Gasteiger partial charge in [-0.1, -0.05) is 78.9 Å². The standard InChI is InChI=1S/C39H23N3O2/c1-5-17-34-29(13-1)30-23-25(19-20-35(30)43-34)24-9-7-10-26(21-24)37-38(41-32-15-3-2-14-31(32)40-37)27-11-8-12-28(22-27)39-42-33-16-4-6-18-36(33)44-39/h1-23H. The zero-order chi connectivity index (χ0) is 29.0. The Morgan fingerprint density at radius 2 is 0.909 bits per heavy atom. The number of furan rings is 1. The fourth-order valence-electron chi connectivity index (χ4n) is 5.95. The Labute approximate surface area is 252 Å². The highest BCUT2D eigenvalue weighted by molar-refractivity contribution is 6.06. The van der Waals surface area contributed by atoms with Crippen molar-refractivity contribution in [3.8, 4) is 45.1 Å². The molecule has 0 amide bonds. The Morgan fingerprint density at radius 3 is 1.66 bits per heavy atom. The molecule has 6 aromatic carbocycles. The Kier molecular flexibility index (Phi) is 5.43. The van der Waals surface area contributed by atoms with Crippen LogP contribution in [0.5, 0.6) is 0 Å². The van der Waals surface area contributed by atoms with Crippen molar-refractivity contribution in [1.82, 2.24) is 15.0 Å². The van der Waals surface area contributed by atoms with E-state index in [9.17, 15) is 0 Å². The molecule has 0 saturated heterocycles. The molecule has 0 unspecified atom stereocenters. The first-order valence-electron chi connectivity index (χ1n) is 14.5. The van der Waals surface area contributed by atoms with Crippen molar-refractivity contribution >= 4 is 44.1 Å². The zero-order valence-corrected chi connectivity index (χ0v) is 23.4. The van der Waals surface area contributed by atoms with Gasteiger partial charge in [0, 0.05) is 27.5 Å². The second-order valence-electron chi connectivity index (χ2n) is 10.9. The topological polar surface area (TPSA) is 65.0 Å². The molecule has 206 valence electrons. The third-order valence-electron chi connectivity index (χ3n) is 8.09. The molecule has 0 aliphatic rings. The lowest BCUT2D eigenvalue weighted by Gasteiger charge is -2.12. The lowest BCUT2D eigenvalue weighted by Crippen LogP contribution is -1.96. The van der Waals surface area contributed by atoms with Gasteiger partial charge < -0.3 is 8.83 Å². The summed E-state index contributed by atoms with van der Waals surface area (Å²) >= 11 is 0. The Morgan fingerprint density at radius 1 is 0.341 bits per heavy atom. The predicted molar refractivity (Wildman–Crippen MR) is 176 cm³/mol. The van der Waals surface area contributed by atoms with Crippen LogP contribution < -0.4 is 0 Å². The first-order chi connectivity index (χ1) is 21.8. The van der Waals surface area contributed by atoms with Crippen molar-refractivity contribution in [2.24, 2.45) is 0 Å². The van der Waals surface area contributed by atoms with Crippen molar-refractivity contribution < 1.29 is 8.83 Å². The van der Waals surface area contributed by atoms with E-state index in [1.54, 1.807) is 0 Å². The molecular formula is C39H23N3O2. The summed E-state index contributed by atoms with van der Waals surface area (Å²) in [7, 11) is 0. The van der Waals surface area contributed by atoms with Crippen LogP contribution in [0, 0.1) is 0 Å². The van der Waals surface area contributed by atoms with E-state index >= 15 is 0 Å². The molecule has 0 bridgehead atoms. The van der Waals surface area contributed by atoms with Gasteiger partial charge in [-0.25, -0.2) is 15.0 Å². The Hall–Kier alpha value is -6.07. The Balaban J connectivity index is 1.20. The minimum absolute atomic E-state index is 0.576. The van der Waals surface area contributed by atoms with Crippen molar-refractivity contribution in [2.75, 3.05) is 0 Å². The molecule has 44 heavy (non-hydrogen) atoms. The molecule has 0 radical (unpaired) electrons. The van der Waals surface area contributed by atoms with E-state index in [-0.39, 0.29) is 0 Å². The number of benzene rings is 6. The van der Waals surface area contributed by atoms with E-state index in [2.05, 4.69) is 60.7 Å². The summed E-state index contributed by atoms with van der Waals surface area (Å²) in [6.07, 6.45) is 0. The monoisotopic (exact) mass is 565 g/mol. The highest BCUT2D eigenvalue weighted by Gasteiger charge is 2.17. The van der Waals surface area contributed by atoms with Crippen molar-refractivity contribution in [2.45, 2.75) is 0 Å². The number of para-hydroxylation sites is 5. The molecule has 0 saturated carbocycles. The smallest absolute Gasteiger partial charge is 0.227 e. The molecule has 5 nitrogen and oxygen atoms in total. The average molecular weight is 566 g/mol. The van der Waals surface area contributed by atoms with E-state index in [0.717, 1.165) is 83.3 Å². The van der Waals surface area contributed by atoms with E-state index in [4.69, 9.17) is 23.8 Å². The minimum Gasteiger partial charge on any atom is -0.456 e. The average Bonchev–Trinajstić information content (AvgIpc) is 3.69. The summed E-state index contributed by atoms with van der Waals surface area (Å²) in [5.41, 5.74) is 11.7. The number of oxazole rings is 1. The van der Waals surface area contributed by atoms with Crippen LogP contribution in [0.3, 0.4) is 0 Å². The van der Waals surface area contributed by atoms with Crippen LogP contribution in [-0.2, 0) is 0 Å². The van der Waals surface area contributed by atoms with Crippen LogP contribution in [0.15, 0.2) is 148 Å². The largest absolute Gasteiger partial charge is 0.456 e. The molecule has 0 spiro atoms. The second-order valence-corrected chi connectivity index (χ2v) is 10.9. The molecule has 9 rings (SSSR count). The second kappa shape index (κ2) is 9.75. The third kappa shape index (κ3) is 4.06. The van der Waals surface area contributed by atoms with E-state index < -0.39 is 0 Å². The molecule has 9 aromatic rings. The van der Waals surface area contributed by atoms with Crippen molar-refractivity contribution in [1.29, 1.82) is 0 Å². The molecule has 0 atom stereocenters. The maximum atomic E-state index is 6.09. The summed E-state index contributed by atoms with van der Waals surface area (Å²) in [4.78, 5) is 15.0. The number of nitrogens with zero attached hydrogens (tertiary/aromatic N) is 3. The van der Waals surface area contributed by atoms with Crippen molar-refractivity contribution in [3.05, 3.63) is 140 Å². The van der Waals surface area contributed by atoms with Gasteiger partial charge in [0.15, 0.2) is 5.58 Å². The molecule has 5 heteroatoms. The summed E-state index contributed by atoms with van der Waals surface area (Å²) in [5.74, 6) is 0.576. The van der Waals surface area contributed by atoms with Crippen LogP contribution in [0.25, 0.3) is 89.2 Å². The van der Waals surface area contributed by atoms with Gasteiger partial charge in [0.1, 0.15) is 16.7 Å². The van der Waals surface area contributed by atoms with Gasteiger partial charge in [0.2, 0.25) is 5.89 Å². The summed E-state index contributed by atoms with van der Waals surface area (Å²) in [6.45, 7) is 0. The van der Waals surface area contributed by atoms with Gasteiger partial charge in [-0.05, 0) is 71.8 Å². The number of rotatable bonds is 4. The number of fused-ring (bicyclic) bond motifs is 5. The highest BCUT2D eigenvalue weighted by Crippen LogP contribution is 2.37. The van der Waals surface area contributed by atoms with Crippen LogP contribution >= 0.6 is 0 Å². The molecule has 0 N–H and O–H groups in total. The highest BCUT2D eigenvalue weighted by atomic mass is 16.3. The lowest BCUT2D eigenvalue weighted by atomic mass is 9.97. The van der Waals surface area contributed by atoms with Gasteiger partial charge in [0.25, 0.3) is 0 Å².